The zero-order valence-corrected chi connectivity index (χ0v) is 9.42. The quantitative estimate of drug-likeness (QED) is 0.575. The molecule has 17 heavy (non-hydrogen) atoms. The second kappa shape index (κ2) is 4.58. The number of hydrogen-bond acceptors (Lipinski definition) is 2. The normalized spacial score (nSPS) is 9.65. The number of carbonyl (C=O) groups is 1. The molecule has 0 saturated heterocycles. The van der Waals surface area contributed by atoms with Crippen molar-refractivity contribution in [1.82, 2.24) is 0 Å². The third kappa shape index (κ3) is 2.21. The van der Waals surface area contributed by atoms with E-state index in [4.69, 9.17) is 5.39 Å². The molecule has 3 nitrogen and oxygen atoms in total. The number of rotatable bonds is 2. The lowest BCUT2D eigenvalue weighted by atomic mass is 10.0. The van der Waals surface area contributed by atoms with Gasteiger partial charge in [0.2, 0.25) is 11.2 Å². The van der Waals surface area contributed by atoms with Gasteiger partial charge in [0.15, 0.2) is 4.98 Å². The summed E-state index contributed by atoms with van der Waals surface area (Å²) in [5.41, 5.74) is 2.38. The summed E-state index contributed by atoms with van der Waals surface area (Å²) in [4.78, 5) is 15.3. The van der Waals surface area contributed by atoms with Crippen LogP contribution in [-0.2, 0) is 0 Å². The molecule has 0 saturated carbocycles. The molecule has 0 aliphatic rings. The minimum absolute atomic E-state index is 0.140. The van der Waals surface area contributed by atoms with Crippen molar-refractivity contribution >= 4 is 11.5 Å². The number of nitrogens with zero attached hydrogens (tertiary/aromatic N) is 2. The Morgan fingerprint density at radius 2 is 1.71 bits per heavy atom. The van der Waals surface area contributed by atoms with Crippen LogP contribution in [0.15, 0.2) is 48.5 Å². The first kappa shape index (κ1) is 11.0. The molecule has 0 aromatic heterocycles. The molecule has 0 atom stereocenters. The first-order valence-electron chi connectivity index (χ1n) is 5.28. The van der Waals surface area contributed by atoms with Gasteiger partial charge in [-0.2, -0.15) is 0 Å². The molecule has 0 N–H and O–H groups in total. The third-order valence-corrected chi connectivity index (χ3v) is 2.57. The Morgan fingerprint density at radius 3 is 2.35 bits per heavy atom. The molecule has 0 spiro atoms. The van der Waals surface area contributed by atoms with Crippen LogP contribution in [0.2, 0.25) is 0 Å². The molecule has 2 aromatic rings. The van der Waals surface area contributed by atoms with Crippen molar-refractivity contribution in [3.63, 3.8) is 0 Å². The summed E-state index contributed by atoms with van der Waals surface area (Å²) in [6.07, 6.45) is 0. The van der Waals surface area contributed by atoms with Gasteiger partial charge in [-0.1, -0.05) is 42.0 Å². The number of aryl methyl sites for hydroxylation is 1. The van der Waals surface area contributed by atoms with E-state index in [1.165, 1.54) is 0 Å². The highest BCUT2D eigenvalue weighted by Crippen LogP contribution is 2.21. The largest absolute Gasteiger partial charge is 0.396 e. The molecule has 2 rings (SSSR count). The lowest BCUT2D eigenvalue weighted by Crippen LogP contribution is -2.01. The average Bonchev–Trinajstić information content (AvgIpc) is 2.39. The molecule has 0 amide bonds. The molecule has 0 bridgehead atoms. The Labute approximate surface area is 99.3 Å². The van der Waals surface area contributed by atoms with Crippen LogP contribution in [0.25, 0.3) is 4.98 Å². The van der Waals surface area contributed by atoms with E-state index in [-0.39, 0.29) is 11.5 Å². The zero-order chi connectivity index (χ0) is 12.3. The van der Waals surface area contributed by atoms with Crippen LogP contribution in [0.1, 0.15) is 21.5 Å². The average molecular weight is 223 g/mol. The van der Waals surface area contributed by atoms with Crippen LogP contribution in [0.5, 0.6) is 0 Å². The second-order valence-corrected chi connectivity index (χ2v) is 3.81. The predicted molar refractivity (Wildman–Crippen MR) is 65.8 cm³/mol. The third-order valence-electron chi connectivity index (χ3n) is 2.57. The monoisotopic (exact) mass is 223 g/mol. The summed E-state index contributed by atoms with van der Waals surface area (Å²) in [5.74, 6) is -0.140. The van der Waals surface area contributed by atoms with Crippen molar-refractivity contribution in [2.75, 3.05) is 0 Å². The molecule has 82 valence electrons. The number of hydrogen-bond donors (Lipinski definition) is 0. The summed E-state index contributed by atoms with van der Waals surface area (Å²) in [5, 5.41) is 8.83. The van der Waals surface area contributed by atoms with E-state index in [9.17, 15) is 4.79 Å². The number of carbonyl (C=O) groups excluding carboxylic acids is 1. The molecule has 0 unspecified atom stereocenters. The van der Waals surface area contributed by atoms with Gasteiger partial charge < -0.3 is 0 Å². The van der Waals surface area contributed by atoms with Crippen LogP contribution in [-0.4, -0.2) is 5.78 Å². The summed E-state index contributed by atoms with van der Waals surface area (Å²) >= 11 is 0. The molecule has 0 aliphatic heterocycles. The fourth-order valence-corrected chi connectivity index (χ4v) is 1.61. The van der Waals surface area contributed by atoms with Gasteiger partial charge in [-0.3, -0.25) is 4.79 Å². The van der Waals surface area contributed by atoms with Gasteiger partial charge in [0.25, 0.3) is 0 Å². The smallest absolute Gasteiger partial charge is 0.288 e. The second-order valence-electron chi connectivity index (χ2n) is 3.81. The van der Waals surface area contributed by atoms with Gasteiger partial charge in [0, 0.05) is 11.6 Å². The van der Waals surface area contributed by atoms with Gasteiger partial charge >= 0.3 is 5.69 Å². The molecule has 0 heterocycles. The van der Waals surface area contributed by atoms with Crippen LogP contribution in [0, 0.1) is 12.3 Å². The molecule has 3 heteroatoms. The molecule has 0 radical (unpaired) electrons. The Bertz CT molecular complexity index is 594. The van der Waals surface area contributed by atoms with E-state index in [0.717, 1.165) is 5.56 Å². The van der Waals surface area contributed by atoms with Crippen LogP contribution < -0.4 is 0 Å². The molecule has 2 aromatic carbocycles. The molecular weight excluding hydrogens is 212 g/mol. The maximum absolute atomic E-state index is 12.2. The fraction of sp³-hybridized carbons (Fsp3) is 0.0714. The summed E-state index contributed by atoms with van der Waals surface area (Å²) in [6.45, 7) is 1.96. The van der Waals surface area contributed by atoms with Gasteiger partial charge in [0.05, 0.1) is 0 Å². The molecule has 0 fully saturated rings. The van der Waals surface area contributed by atoms with Gasteiger partial charge in [-0.25, -0.2) is 0 Å². The Kier molecular flexibility index (Phi) is 2.97. The van der Waals surface area contributed by atoms with Crippen molar-refractivity contribution in [3.8, 4) is 0 Å². The van der Waals surface area contributed by atoms with Crippen molar-refractivity contribution in [1.29, 1.82) is 5.39 Å². The number of diazo groups is 1. The minimum Gasteiger partial charge on any atom is -0.288 e. The zero-order valence-electron chi connectivity index (χ0n) is 9.42. The van der Waals surface area contributed by atoms with Gasteiger partial charge in [-0.05, 0) is 13.0 Å². The van der Waals surface area contributed by atoms with E-state index >= 15 is 0 Å². The van der Waals surface area contributed by atoms with E-state index in [0.29, 0.717) is 11.1 Å². The summed E-state index contributed by atoms with van der Waals surface area (Å²) in [6, 6.07) is 14.0. The molecule has 0 aliphatic carbocycles. The minimum atomic E-state index is -0.140. The van der Waals surface area contributed by atoms with E-state index in [2.05, 4.69) is 4.98 Å². The van der Waals surface area contributed by atoms with Crippen molar-refractivity contribution in [2.24, 2.45) is 0 Å². The highest BCUT2D eigenvalue weighted by molar-refractivity contribution is 6.12. The SMILES string of the molecule is Cc1ccc(C(=O)c2ccccc2[N+]#N)cc1. The highest BCUT2D eigenvalue weighted by Gasteiger charge is 2.20. The summed E-state index contributed by atoms with van der Waals surface area (Å²) in [7, 11) is 0. The summed E-state index contributed by atoms with van der Waals surface area (Å²) < 4.78 is 0. The Balaban J connectivity index is 2.44. The van der Waals surface area contributed by atoms with Gasteiger partial charge in [-0.15, -0.1) is 0 Å². The first-order chi connectivity index (χ1) is 8.22. The first-order valence-corrected chi connectivity index (χ1v) is 5.28. The molecular formula is C14H11N2O+. The van der Waals surface area contributed by atoms with Crippen molar-refractivity contribution in [2.45, 2.75) is 6.92 Å². The van der Waals surface area contributed by atoms with E-state index < -0.39 is 0 Å². The number of benzene rings is 2. The van der Waals surface area contributed by atoms with Crippen LogP contribution in [0.4, 0.5) is 5.69 Å². The Hall–Kier alpha value is -2.47. The van der Waals surface area contributed by atoms with Crippen molar-refractivity contribution in [3.05, 3.63) is 70.2 Å². The predicted octanol–water partition coefficient (Wildman–Crippen LogP) is 3.71. The van der Waals surface area contributed by atoms with Crippen LogP contribution in [0.3, 0.4) is 0 Å². The Morgan fingerprint density at radius 1 is 1.06 bits per heavy atom. The van der Waals surface area contributed by atoms with E-state index in [1.54, 1.807) is 36.4 Å². The van der Waals surface area contributed by atoms with E-state index in [1.807, 2.05) is 19.1 Å². The van der Waals surface area contributed by atoms with Gasteiger partial charge in [0.1, 0.15) is 5.56 Å². The maximum atomic E-state index is 12.2. The van der Waals surface area contributed by atoms with Crippen molar-refractivity contribution < 1.29 is 4.79 Å². The standard InChI is InChI=1S/C14H11N2O/c1-10-6-8-11(9-7-10)14(17)12-4-2-3-5-13(12)16-15/h2-9H,1H3/q+1. The topological polar surface area (TPSA) is 45.2 Å². The van der Waals surface area contributed by atoms with Crippen LogP contribution >= 0.6 is 0 Å². The number of ketones is 1. The maximum Gasteiger partial charge on any atom is 0.396 e. The fourth-order valence-electron chi connectivity index (χ4n) is 1.61. The lowest BCUT2D eigenvalue weighted by molar-refractivity contribution is 0.103. The lowest BCUT2D eigenvalue weighted by Gasteiger charge is -1.99. The highest BCUT2D eigenvalue weighted by atomic mass is 16.1.